The number of amides is 1. The number of ether oxygens (including phenoxy) is 2. The van der Waals surface area contributed by atoms with Gasteiger partial charge in [0.05, 0.1) is 18.9 Å². The number of anilines is 1. The van der Waals surface area contributed by atoms with Crippen molar-refractivity contribution in [2.75, 3.05) is 32.0 Å². The molecule has 0 unspecified atom stereocenters. The van der Waals surface area contributed by atoms with E-state index in [1.165, 1.54) is 10.9 Å². The molecule has 202 valence electrons. The van der Waals surface area contributed by atoms with Gasteiger partial charge >= 0.3 is 5.69 Å². The molecule has 0 radical (unpaired) electrons. The number of benzene rings is 2. The molecule has 11 heteroatoms. The fraction of sp³-hybridized carbons (Fsp3) is 0.276. The van der Waals surface area contributed by atoms with Crippen LogP contribution in [0, 0.1) is 22.7 Å². The van der Waals surface area contributed by atoms with Crippen LogP contribution in [0.5, 0.6) is 11.5 Å². The quantitative estimate of drug-likeness (QED) is 0.280. The number of para-hydroxylation sites is 1. The highest BCUT2D eigenvalue weighted by Crippen LogP contribution is 2.31. The normalized spacial score (nSPS) is 16.7. The third-order valence-corrected chi connectivity index (χ3v) is 7.20. The van der Waals surface area contributed by atoms with Gasteiger partial charge in [-0.15, -0.1) is 0 Å². The van der Waals surface area contributed by atoms with Crippen molar-refractivity contribution >= 4 is 22.9 Å². The Labute approximate surface area is 229 Å². The van der Waals surface area contributed by atoms with Gasteiger partial charge in [0.1, 0.15) is 35.0 Å². The van der Waals surface area contributed by atoms with Gasteiger partial charge in [-0.25, -0.2) is 14.8 Å². The van der Waals surface area contributed by atoms with Crippen LogP contribution >= 0.6 is 0 Å². The van der Waals surface area contributed by atoms with Crippen molar-refractivity contribution in [3.05, 3.63) is 83.1 Å². The van der Waals surface area contributed by atoms with Gasteiger partial charge < -0.3 is 20.1 Å². The number of nitriles is 1. The van der Waals surface area contributed by atoms with E-state index in [1.807, 2.05) is 43.3 Å². The number of nitrogens with zero attached hydrogens (tertiary/aromatic N) is 6. The van der Waals surface area contributed by atoms with Crippen LogP contribution in [0.3, 0.4) is 0 Å². The molecular formula is C29H27N7O4. The fourth-order valence-electron chi connectivity index (χ4n) is 5.07. The van der Waals surface area contributed by atoms with Crippen molar-refractivity contribution in [1.29, 1.82) is 5.26 Å². The van der Waals surface area contributed by atoms with E-state index in [4.69, 9.17) is 15.2 Å². The highest BCUT2D eigenvalue weighted by molar-refractivity contribution is 5.97. The van der Waals surface area contributed by atoms with Gasteiger partial charge in [-0.1, -0.05) is 31.2 Å². The SMILES string of the molecule is CC1(C=C(C#N)C(=O)N2CC(Cn3c(=O)n(-c4ccc(Oc5ccccc5)cc4)c4c(N)ncnc43)C2)COC1. The van der Waals surface area contributed by atoms with E-state index in [2.05, 4.69) is 9.97 Å². The Morgan fingerprint density at radius 3 is 2.50 bits per heavy atom. The molecule has 4 aromatic rings. The predicted octanol–water partition coefficient (Wildman–Crippen LogP) is 2.90. The number of rotatable bonds is 7. The zero-order valence-corrected chi connectivity index (χ0v) is 21.9. The molecule has 11 nitrogen and oxygen atoms in total. The molecule has 1 amide bonds. The number of fused-ring (bicyclic) bond motifs is 1. The minimum atomic E-state index is -0.306. The largest absolute Gasteiger partial charge is 0.457 e. The number of carbonyl (C=O) groups is 1. The molecule has 2 aliphatic heterocycles. The van der Waals surface area contributed by atoms with Crippen LogP contribution in [-0.4, -0.2) is 56.2 Å². The molecule has 0 aliphatic carbocycles. The number of aromatic nitrogens is 4. The molecule has 0 spiro atoms. The number of imidazole rings is 1. The lowest BCUT2D eigenvalue weighted by Crippen LogP contribution is -2.52. The smallest absolute Gasteiger partial charge is 0.335 e. The van der Waals surface area contributed by atoms with Crippen LogP contribution in [-0.2, 0) is 16.1 Å². The average molecular weight is 538 g/mol. The molecule has 2 aliphatic rings. The second kappa shape index (κ2) is 9.98. The van der Waals surface area contributed by atoms with E-state index in [1.54, 1.807) is 39.8 Å². The second-order valence-electron chi connectivity index (χ2n) is 10.5. The summed E-state index contributed by atoms with van der Waals surface area (Å²) >= 11 is 0. The first kappa shape index (κ1) is 25.3. The summed E-state index contributed by atoms with van der Waals surface area (Å²) in [5.74, 6) is 1.23. The van der Waals surface area contributed by atoms with Crippen molar-refractivity contribution in [3.8, 4) is 23.3 Å². The van der Waals surface area contributed by atoms with Crippen LogP contribution in [0.1, 0.15) is 6.92 Å². The van der Waals surface area contributed by atoms with Crippen molar-refractivity contribution in [2.24, 2.45) is 11.3 Å². The lowest BCUT2D eigenvalue weighted by Gasteiger charge is -2.40. The predicted molar refractivity (Wildman–Crippen MR) is 147 cm³/mol. The Morgan fingerprint density at radius 1 is 1.15 bits per heavy atom. The van der Waals surface area contributed by atoms with E-state index in [0.29, 0.717) is 61.2 Å². The molecule has 0 saturated carbocycles. The summed E-state index contributed by atoms with van der Waals surface area (Å²) in [5, 5.41) is 9.54. The van der Waals surface area contributed by atoms with Crippen LogP contribution in [0.2, 0.25) is 0 Å². The van der Waals surface area contributed by atoms with E-state index in [0.717, 1.165) is 0 Å². The van der Waals surface area contributed by atoms with Gasteiger partial charge in [0.25, 0.3) is 5.91 Å². The maximum atomic E-state index is 13.7. The highest BCUT2D eigenvalue weighted by atomic mass is 16.5. The topological polar surface area (TPSA) is 141 Å². The Morgan fingerprint density at radius 2 is 1.85 bits per heavy atom. The molecular weight excluding hydrogens is 510 g/mol. The van der Waals surface area contributed by atoms with Crippen LogP contribution < -0.4 is 16.2 Å². The maximum Gasteiger partial charge on any atom is 0.335 e. The molecule has 2 saturated heterocycles. The molecule has 6 rings (SSSR count). The van der Waals surface area contributed by atoms with Gasteiger partial charge in [0.2, 0.25) is 0 Å². The molecule has 2 fully saturated rings. The molecule has 40 heavy (non-hydrogen) atoms. The summed E-state index contributed by atoms with van der Waals surface area (Å²) < 4.78 is 14.2. The average Bonchev–Trinajstić information content (AvgIpc) is 3.20. The van der Waals surface area contributed by atoms with E-state index < -0.39 is 0 Å². The van der Waals surface area contributed by atoms with Crippen molar-refractivity contribution < 1.29 is 14.3 Å². The number of nitrogen functional groups attached to an aromatic ring is 1. The second-order valence-corrected chi connectivity index (χ2v) is 10.5. The summed E-state index contributed by atoms with van der Waals surface area (Å²) in [6.45, 7) is 4.14. The van der Waals surface area contributed by atoms with Crippen LogP contribution in [0.15, 0.2) is 77.4 Å². The summed E-state index contributed by atoms with van der Waals surface area (Å²) in [6.07, 6.45) is 3.04. The van der Waals surface area contributed by atoms with E-state index in [-0.39, 0.29) is 34.3 Å². The Balaban J connectivity index is 1.23. The summed E-state index contributed by atoms with van der Waals surface area (Å²) in [4.78, 5) is 36.7. The Kier molecular flexibility index (Phi) is 6.32. The standard InChI is InChI=1S/C29H27N7O4/c1-29(16-39-17-29)11-20(12-30)27(37)34-13-19(14-34)15-35-26-24(25(31)32-18-33-26)36(28(35)38)21-7-9-23(10-8-21)40-22-5-3-2-4-6-22/h2-11,18-19H,13-17H2,1H3,(H2,31,32,33). The van der Waals surface area contributed by atoms with Crippen LogP contribution in [0.25, 0.3) is 16.9 Å². The van der Waals surface area contributed by atoms with Gasteiger partial charge in [-0.3, -0.25) is 13.9 Å². The lowest BCUT2D eigenvalue weighted by molar-refractivity contribution is -0.133. The van der Waals surface area contributed by atoms with E-state index in [9.17, 15) is 14.9 Å². The first-order chi connectivity index (χ1) is 19.3. The summed E-state index contributed by atoms with van der Waals surface area (Å²) in [7, 11) is 0. The van der Waals surface area contributed by atoms with Gasteiger partial charge in [0.15, 0.2) is 11.5 Å². The Hall–Kier alpha value is -4.95. The van der Waals surface area contributed by atoms with Gasteiger partial charge in [0, 0.05) is 31.0 Å². The zero-order chi connectivity index (χ0) is 27.9. The first-order valence-corrected chi connectivity index (χ1v) is 12.9. The molecule has 2 aromatic carbocycles. The summed E-state index contributed by atoms with van der Waals surface area (Å²) in [5.41, 5.74) is 7.18. The molecule has 0 bridgehead atoms. The van der Waals surface area contributed by atoms with Crippen LogP contribution in [0.4, 0.5) is 5.82 Å². The monoisotopic (exact) mass is 537 g/mol. The van der Waals surface area contributed by atoms with Crippen molar-refractivity contribution in [3.63, 3.8) is 0 Å². The van der Waals surface area contributed by atoms with Gasteiger partial charge in [-0.2, -0.15) is 5.26 Å². The van der Waals surface area contributed by atoms with E-state index >= 15 is 0 Å². The number of carbonyl (C=O) groups excluding carboxylic acids is 1. The number of nitrogens with two attached hydrogens (primary N) is 1. The maximum absolute atomic E-state index is 13.7. The Bertz CT molecular complexity index is 1710. The third-order valence-electron chi connectivity index (χ3n) is 7.20. The number of hydrogen-bond donors (Lipinski definition) is 1. The minimum Gasteiger partial charge on any atom is -0.457 e. The third kappa shape index (κ3) is 4.58. The molecule has 4 heterocycles. The fourth-order valence-corrected chi connectivity index (χ4v) is 5.07. The minimum absolute atomic E-state index is 0.0149. The van der Waals surface area contributed by atoms with Crippen molar-refractivity contribution in [1.82, 2.24) is 24.0 Å². The van der Waals surface area contributed by atoms with Gasteiger partial charge in [-0.05, 0) is 36.4 Å². The number of hydrogen-bond acceptors (Lipinski definition) is 8. The molecule has 0 atom stereocenters. The number of likely N-dealkylation sites (tertiary alicyclic amines) is 1. The molecule has 2 aromatic heterocycles. The lowest BCUT2D eigenvalue weighted by atomic mass is 9.86. The highest BCUT2D eigenvalue weighted by Gasteiger charge is 2.37. The summed E-state index contributed by atoms with van der Waals surface area (Å²) in [6, 6.07) is 18.6. The molecule has 2 N–H and O–H groups in total. The first-order valence-electron chi connectivity index (χ1n) is 12.9. The zero-order valence-electron chi connectivity index (χ0n) is 21.9. The van der Waals surface area contributed by atoms with Crippen molar-refractivity contribution in [2.45, 2.75) is 13.5 Å².